The van der Waals surface area contributed by atoms with E-state index < -0.39 is 23.8 Å². The van der Waals surface area contributed by atoms with E-state index in [-0.39, 0.29) is 23.8 Å². The Kier molecular flexibility index (Phi) is 10.9. The number of hydrogen-bond donors (Lipinski definition) is 2. The Bertz CT molecular complexity index is 1160. The zero-order valence-electron chi connectivity index (χ0n) is 24.9. The largest absolute Gasteiger partial charge is 0.444 e. The molecule has 0 aliphatic rings. The summed E-state index contributed by atoms with van der Waals surface area (Å²) in [6.07, 6.45) is 1.68. The summed E-state index contributed by atoms with van der Waals surface area (Å²) in [4.78, 5) is 42.7. The van der Waals surface area contributed by atoms with Gasteiger partial charge in [0.15, 0.2) is 0 Å². The van der Waals surface area contributed by atoms with Crippen LogP contribution in [0.15, 0.2) is 49.0 Å². The molecule has 0 aromatic heterocycles. The molecular formula is C32H45N3O4. The summed E-state index contributed by atoms with van der Waals surface area (Å²) in [5.41, 5.74) is 3.33. The normalized spacial score (nSPS) is 13.7. The molecule has 0 bridgehead atoms. The fourth-order valence-electron chi connectivity index (χ4n) is 4.46. The van der Waals surface area contributed by atoms with Crippen molar-refractivity contribution in [1.82, 2.24) is 10.2 Å². The Balaban J connectivity index is 2.62. The van der Waals surface area contributed by atoms with Gasteiger partial charge in [-0.1, -0.05) is 69.3 Å². The van der Waals surface area contributed by atoms with Crippen LogP contribution in [0.4, 0.5) is 10.5 Å². The molecule has 2 aromatic carbocycles. The molecule has 212 valence electrons. The summed E-state index contributed by atoms with van der Waals surface area (Å²) in [6.45, 7) is 20.7. The topological polar surface area (TPSA) is 87.7 Å². The van der Waals surface area contributed by atoms with Gasteiger partial charge in [0.05, 0.1) is 0 Å². The first-order valence-electron chi connectivity index (χ1n) is 13.6. The van der Waals surface area contributed by atoms with E-state index >= 15 is 0 Å². The second-order valence-corrected chi connectivity index (χ2v) is 11.4. The first-order chi connectivity index (χ1) is 18.2. The molecule has 0 aliphatic carbocycles. The van der Waals surface area contributed by atoms with Crippen LogP contribution in [-0.2, 0) is 14.3 Å². The van der Waals surface area contributed by atoms with Crippen LogP contribution in [-0.4, -0.2) is 40.5 Å². The van der Waals surface area contributed by atoms with E-state index in [1.54, 1.807) is 31.7 Å². The zero-order valence-corrected chi connectivity index (χ0v) is 24.9. The van der Waals surface area contributed by atoms with Crippen LogP contribution in [0, 0.1) is 19.8 Å². The Labute approximate surface area is 234 Å². The predicted molar refractivity (Wildman–Crippen MR) is 158 cm³/mol. The second-order valence-electron chi connectivity index (χ2n) is 11.4. The third-order valence-electron chi connectivity index (χ3n) is 6.68. The Morgan fingerprint density at radius 1 is 1.03 bits per heavy atom. The van der Waals surface area contributed by atoms with Gasteiger partial charge in [0.2, 0.25) is 5.91 Å². The molecule has 0 radical (unpaired) electrons. The average molecular weight is 536 g/mol. The van der Waals surface area contributed by atoms with E-state index in [1.165, 1.54) is 0 Å². The quantitative estimate of drug-likeness (QED) is 0.350. The lowest BCUT2D eigenvalue weighted by Crippen LogP contribution is -2.56. The Morgan fingerprint density at radius 2 is 1.62 bits per heavy atom. The number of hydrogen-bond acceptors (Lipinski definition) is 4. The minimum atomic E-state index is -0.955. The maximum absolute atomic E-state index is 14.3. The number of anilines is 1. The molecule has 0 aliphatic heterocycles. The van der Waals surface area contributed by atoms with Gasteiger partial charge < -0.3 is 20.3 Å². The summed E-state index contributed by atoms with van der Waals surface area (Å²) < 4.78 is 5.47. The maximum atomic E-state index is 14.3. The van der Waals surface area contributed by atoms with E-state index in [4.69, 9.17) is 4.74 Å². The Hall–Kier alpha value is -3.61. The van der Waals surface area contributed by atoms with E-state index in [0.717, 1.165) is 16.7 Å². The number of aryl methyl sites for hydroxylation is 2. The molecule has 3 amide bonds. The van der Waals surface area contributed by atoms with Gasteiger partial charge in [-0.2, -0.15) is 0 Å². The van der Waals surface area contributed by atoms with Crippen molar-refractivity contribution in [3.8, 4) is 0 Å². The number of alkyl carbamates (subject to hydrolysis) is 1. The van der Waals surface area contributed by atoms with Crippen LogP contribution in [0.5, 0.6) is 0 Å². The highest BCUT2D eigenvalue weighted by molar-refractivity contribution is 6.00. The van der Waals surface area contributed by atoms with Gasteiger partial charge in [-0.3, -0.25) is 9.59 Å². The standard InChI is InChI=1S/C32H45N3O4/c1-11-21(5)27(34-31(38)39-32(8,9)10)30(37)35(20(3)4)28(25-18-14-17-24(12-2)19-25)29(36)33-26-22(6)15-13-16-23(26)7/h12-21,27-28H,2,11H2,1,3-10H3,(H,33,36)(H,34,38). The molecular weight excluding hydrogens is 490 g/mol. The van der Waals surface area contributed by atoms with Gasteiger partial charge in [0, 0.05) is 11.7 Å². The SMILES string of the molecule is C=Cc1cccc(C(C(=O)Nc2c(C)cccc2C)N(C(=O)C(NC(=O)OC(C)(C)C)C(C)CC)C(C)C)c1. The van der Waals surface area contributed by atoms with Gasteiger partial charge in [-0.25, -0.2) is 4.79 Å². The van der Waals surface area contributed by atoms with Crippen molar-refractivity contribution in [2.75, 3.05) is 5.32 Å². The third-order valence-corrected chi connectivity index (χ3v) is 6.68. The first-order valence-corrected chi connectivity index (χ1v) is 13.6. The van der Waals surface area contributed by atoms with E-state index in [9.17, 15) is 14.4 Å². The second kappa shape index (κ2) is 13.5. The molecule has 2 N–H and O–H groups in total. The number of rotatable bonds is 10. The van der Waals surface area contributed by atoms with E-state index in [1.807, 2.05) is 84.0 Å². The van der Waals surface area contributed by atoms with E-state index in [2.05, 4.69) is 17.2 Å². The molecule has 0 saturated carbocycles. The molecule has 0 saturated heterocycles. The highest BCUT2D eigenvalue weighted by Crippen LogP contribution is 2.30. The molecule has 0 fully saturated rings. The van der Waals surface area contributed by atoms with Crippen molar-refractivity contribution in [1.29, 1.82) is 0 Å². The lowest BCUT2D eigenvalue weighted by Gasteiger charge is -2.38. The number of nitrogens with one attached hydrogen (secondary N) is 2. The minimum absolute atomic E-state index is 0.201. The fourth-order valence-corrected chi connectivity index (χ4v) is 4.46. The van der Waals surface area contributed by atoms with Crippen LogP contribution in [0.1, 0.15) is 83.2 Å². The molecule has 39 heavy (non-hydrogen) atoms. The van der Waals surface area contributed by atoms with Crippen molar-refractivity contribution >= 4 is 29.7 Å². The number of carbonyl (C=O) groups excluding carboxylic acids is 3. The van der Waals surface area contributed by atoms with Crippen LogP contribution < -0.4 is 10.6 Å². The van der Waals surface area contributed by atoms with Crippen LogP contribution in [0.3, 0.4) is 0 Å². The molecule has 0 spiro atoms. The molecule has 2 rings (SSSR count). The molecule has 3 atom stereocenters. The summed E-state index contributed by atoms with van der Waals surface area (Å²) in [5.74, 6) is -0.889. The number of ether oxygens (including phenoxy) is 1. The van der Waals surface area contributed by atoms with Gasteiger partial charge in [-0.15, -0.1) is 0 Å². The lowest BCUT2D eigenvalue weighted by atomic mass is 9.94. The monoisotopic (exact) mass is 535 g/mol. The van der Waals surface area contributed by atoms with Gasteiger partial charge in [0.1, 0.15) is 17.7 Å². The predicted octanol–water partition coefficient (Wildman–Crippen LogP) is 6.80. The summed E-state index contributed by atoms with van der Waals surface area (Å²) >= 11 is 0. The highest BCUT2D eigenvalue weighted by Gasteiger charge is 2.39. The van der Waals surface area contributed by atoms with Crippen molar-refractivity contribution < 1.29 is 19.1 Å². The van der Waals surface area contributed by atoms with Gasteiger partial charge in [-0.05, 0) is 82.7 Å². The average Bonchev–Trinajstić information content (AvgIpc) is 2.85. The molecule has 0 heterocycles. The number of benzene rings is 2. The molecule has 3 unspecified atom stereocenters. The smallest absolute Gasteiger partial charge is 0.408 e. The van der Waals surface area contributed by atoms with Crippen LogP contribution in [0.2, 0.25) is 0 Å². The number of para-hydroxylation sites is 1. The Morgan fingerprint density at radius 3 is 2.13 bits per heavy atom. The van der Waals surface area contributed by atoms with Crippen molar-refractivity contribution in [3.63, 3.8) is 0 Å². The number of nitrogens with zero attached hydrogens (tertiary/aromatic N) is 1. The van der Waals surface area contributed by atoms with Gasteiger partial charge >= 0.3 is 6.09 Å². The van der Waals surface area contributed by atoms with Gasteiger partial charge in [0.25, 0.3) is 5.91 Å². The third kappa shape index (κ3) is 8.44. The first kappa shape index (κ1) is 31.6. The zero-order chi connectivity index (χ0) is 29.5. The van der Waals surface area contributed by atoms with Crippen molar-refractivity contribution in [2.45, 2.75) is 92.5 Å². The highest BCUT2D eigenvalue weighted by atomic mass is 16.6. The summed E-state index contributed by atoms with van der Waals surface area (Å²) in [5, 5.41) is 5.88. The van der Waals surface area contributed by atoms with Crippen LogP contribution in [0.25, 0.3) is 6.08 Å². The fraction of sp³-hybridized carbons (Fsp3) is 0.469. The number of carbonyl (C=O) groups is 3. The molecule has 7 heteroatoms. The molecule has 2 aromatic rings. The van der Waals surface area contributed by atoms with Crippen LogP contribution >= 0.6 is 0 Å². The maximum Gasteiger partial charge on any atom is 0.408 e. The molecule has 7 nitrogen and oxygen atoms in total. The lowest BCUT2D eigenvalue weighted by molar-refractivity contribution is -0.144. The summed E-state index contributed by atoms with van der Waals surface area (Å²) in [6, 6.07) is 11.1. The van der Waals surface area contributed by atoms with Crippen molar-refractivity contribution in [3.05, 3.63) is 71.3 Å². The minimum Gasteiger partial charge on any atom is -0.444 e. The van der Waals surface area contributed by atoms with E-state index in [0.29, 0.717) is 17.7 Å². The number of amides is 3. The van der Waals surface area contributed by atoms with Crippen molar-refractivity contribution in [2.24, 2.45) is 5.92 Å². The summed E-state index contributed by atoms with van der Waals surface area (Å²) in [7, 11) is 0.